The minimum Gasteiger partial charge on any atom is -0.374 e. The highest BCUT2D eigenvalue weighted by molar-refractivity contribution is 4.91. The van der Waals surface area contributed by atoms with Crippen LogP contribution in [0.1, 0.15) is 33.6 Å². The highest BCUT2D eigenvalue weighted by Gasteiger charge is 2.36. The largest absolute Gasteiger partial charge is 0.374 e. The molecule has 0 aromatic carbocycles. The average Bonchev–Trinajstić information content (AvgIpc) is 2.49. The summed E-state index contributed by atoms with van der Waals surface area (Å²) in [5, 5.41) is 3.73. The van der Waals surface area contributed by atoms with Crippen molar-refractivity contribution >= 4 is 0 Å². The van der Waals surface area contributed by atoms with Gasteiger partial charge in [-0.3, -0.25) is 0 Å². The van der Waals surface area contributed by atoms with Gasteiger partial charge in [0.05, 0.1) is 12.7 Å². The smallest absolute Gasteiger partial charge is 0.0826 e. The van der Waals surface area contributed by atoms with Crippen LogP contribution < -0.4 is 5.32 Å². The molecule has 0 aromatic heterocycles. The molecule has 0 spiro atoms. The van der Waals surface area contributed by atoms with Crippen molar-refractivity contribution in [1.29, 1.82) is 0 Å². The van der Waals surface area contributed by atoms with Crippen molar-refractivity contribution in [3.8, 4) is 0 Å². The second-order valence-corrected chi connectivity index (χ2v) is 6.82. The normalized spacial score (nSPS) is 38.5. The lowest BCUT2D eigenvalue weighted by Crippen LogP contribution is -2.47. The maximum Gasteiger partial charge on any atom is 0.0826 e. The fourth-order valence-electron chi connectivity index (χ4n) is 3.44. The Balaban J connectivity index is 1.75. The highest BCUT2D eigenvalue weighted by atomic mass is 16.5. The van der Waals surface area contributed by atoms with Gasteiger partial charge in [0.25, 0.3) is 0 Å². The molecule has 2 rings (SSSR count). The molecule has 3 nitrogen and oxygen atoms in total. The number of nitrogens with zero attached hydrogens (tertiary/aromatic N) is 1. The van der Waals surface area contributed by atoms with Gasteiger partial charge in [-0.1, -0.05) is 20.8 Å². The Morgan fingerprint density at radius 2 is 2.12 bits per heavy atom. The van der Waals surface area contributed by atoms with Crippen molar-refractivity contribution in [3.05, 3.63) is 0 Å². The van der Waals surface area contributed by atoms with Crippen LogP contribution in [0.4, 0.5) is 0 Å². The lowest BCUT2D eigenvalue weighted by Gasteiger charge is -2.31. The monoisotopic (exact) mass is 240 g/mol. The summed E-state index contributed by atoms with van der Waals surface area (Å²) in [4.78, 5) is 2.36. The van der Waals surface area contributed by atoms with Crippen LogP contribution in [0.3, 0.4) is 0 Å². The molecule has 3 atom stereocenters. The van der Waals surface area contributed by atoms with Gasteiger partial charge in [-0.25, -0.2) is 0 Å². The van der Waals surface area contributed by atoms with Crippen molar-refractivity contribution in [1.82, 2.24) is 10.2 Å². The molecular weight excluding hydrogens is 212 g/mol. The molecule has 1 saturated carbocycles. The van der Waals surface area contributed by atoms with Crippen LogP contribution in [0, 0.1) is 11.3 Å². The Morgan fingerprint density at radius 1 is 1.35 bits per heavy atom. The van der Waals surface area contributed by atoms with E-state index in [2.05, 4.69) is 38.0 Å². The minimum atomic E-state index is 0.379. The molecule has 0 amide bonds. The Hall–Kier alpha value is -0.120. The molecule has 1 aliphatic carbocycles. The number of ether oxygens (including phenoxy) is 1. The minimum absolute atomic E-state index is 0.379. The second-order valence-electron chi connectivity index (χ2n) is 6.82. The van der Waals surface area contributed by atoms with E-state index in [9.17, 15) is 0 Å². The summed E-state index contributed by atoms with van der Waals surface area (Å²) in [6.07, 6.45) is 3.02. The van der Waals surface area contributed by atoms with Crippen LogP contribution in [-0.2, 0) is 4.74 Å². The topological polar surface area (TPSA) is 24.5 Å². The summed E-state index contributed by atoms with van der Waals surface area (Å²) in [5.41, 5.74) is 0.515. The molecule has 1 saturated heterocycles. The molecule has 2 fully saturated rings. The summed E-state index contributed by atoms with van der Waals surface area (Å²) in [7, 11) is 2.18. The number of nitrogens with one attached hydrogen (secondary N) is 1. The molecule has 1 heterocycles. The third-order valence-corrected chi connectivity index (χ3v) is 4.28. The summed E-state index contributed by atoms with van der Waals surface area (Å²) in [6.45, 7) is 11.2. The standard InChI is InChI=1S/C14H28N2O/c1-11-7-14(2,3)8-13(11)15-9-12-10-16(4)5-6-17-12/h11-13,15H,5-10H2,1-4H3/t11-,12-,13+/m1/s1. The van der Waals surface area contributed by atoms with Gasteiger partial charge in [-0.15, -0.1) is 0 Å². The fraction of sp³-hybridized carbons (Fsp3) is 1.00. The molecule has 0 radical (unpaired) electrons. The summed E-state index contributed by atoms with van der Waals surface area (Å²) >= 11 is 0. The third kappa shape index (κ3) is 3.67. The van der Waals surface area contributed by atoms with Gasteiger partial charge in [0, 0.05) is 25.7 Å². The Morgan fingerprint density at radius 3 is 2.71 bits per heavy atom. The first-order valence-electron chi connectivity index (χ1n) is 7.00. The van der Waals surface area contributed by atoms with Crippen molar-refractivity contribution < 1.29 is 4.74 Å². The van der Waals surface area contributed by atoms with E-state index < -0.39 is 0 Å². The second kappa shape index (κ2) is 5.25. The lowest BCUT2D eigenvalue weighted by molar-refractivity contribution is -0.0197. The molecule has 3 heteroatoms. The first-order valence-corrected chi connectivity index (χ1v) is 7.00. The maximum absolute atomic E-state index is 5.79. The van der Waals surface area contributed by atoms with E-state index in [1.165, 1.54) is 12.8 Å². The van der Waals surface area contributed by atoms with Crippen LogP contribution in [0.25, 0.3) is 0 Å². The van der Waals surface area contributed by atoms with Gasteiger partial charge in [0.1, 0.15) is 0 Å². The van der Waals surface area contributed by atoms with E-state index in [-0.39, 0.29) is 0 Å². The van der Waals surface area contributed by atoms with Gasteiger partial charge >= 0.3 is 0 Å². The van der Waals surface area contributed by atoms with E-state index in [1.807, 2.05) is 0 Å². The summed E-state index contributed by atoms with van der Waals surface area (Å²) < 4.78 is 5.79. The maximum atomic E-state index is 5.79. The van der Waals surface area contributed by atoms with Crippen LogP contribution >= 0.6 is 0 Å². The molecule has 0 unspecified atom stereocenters. The zero-order chi connectivity index (χ0) is 12.5. The third-order valence-electron chi connectivity index (χ3n) is 4.28. The molecule has 2 aliphatic rings. The van der Waals surface area contributed by atoms with E-state index >= 15 is 0 Å². The quantitative estimate of drug-likeness (QED) is 0.813. The van der Waals surface area contributed by atoms with Crippen LogP contribution in [0.5, 0.6) is 0 Å². The molecule has 17 heavy (non-hydrogen) atoms. The van der Waals surface area contributed by atoms with E-state index in [1.54, 1.807) is 0 Å². The van der Waals surface area contributed by atoms with E-state index in [0.717, 1.165) is 32.2 Å². The Kier molecular flexibility index (Phi) is 4.11. The van der Waals surface area contributed by atoms with Crippen molar-refractivity contribution in [2.24, 2.45) is 11.3 Å². The SMILES string of the molecule is C[C@@H]1CC(C)(C)C[C@@H]1NC[C@@H]1CN(C)CCO1. The molecule has 0 bridgehead atoms. The average molecular weight is 240 g/mol. The van der Waals surface area contributed by atoms with Gasteiger partial charge in [0.2, 0.25) is 0 Å². The first kappa shape index (κ1) is 13.3. The molecule has 1 N–H and O–H groups in total. The van der Waals surface area contributed by atoms with Crippen LogP contribution in [0.15, 0.2) is 0 Å². The van der Waals surface area contributed by atoms with Crippen molar-refractivity contribution in [3.63, 3.8) is 0 Å². The van der Waals surface area contributed by atoms with E-state index in [0.29, 0.717) is 17.6 Å². The first-order chi connectivity index (χ1) is 7.96. The Labute approximate surface area is 106 Å². The van der Waals surface area contributed by atoms with E-state index in [4.69, 9.17) is 4.74 Å². The zero-order valence-corrected chi connectivity index (χ0v) is 11.8. The van der Waals surface area contributed by atoms with Gasteiger partial charge in [0.15, 0.2) is 0 Å². The van der Waals surface area contributed by atoms with Crippen LogP contribution in [0.2, 0.25) is 0 Å². The summed E-state index contributed by atoms with van der Waals surface area (Å²) in [5.74, 6) is 0.798. The van der Waals surface area contributed by atoms with Gasteiger partial charge in [-0.2, -0.15) is 0 Å². The van der Waals surface area contributed by atoms with Gasteiger partial charge < -0.3 is 15.0 Å². The number of hydrogen-bond acceptors (Lipinski definition) is 3. The van der Waals surface area contributed by atoms with Crippen LogP contribution in [-0.4, -0.2) is 50.3 Å². The van der Waals surface area contributed by atoms with Crippen molar-refractivity contribution in [2.75, 3.05) is 33.3 Å². The molecular formula is C14H28N2O. The number of morpholine rings is 1. The molecule has 1 aliphatic heterocycles. The number of hydrogen-bond donors (Lipinski definition) is 1. The van der Waals surface area contributed by atoms with Crippen molar-refractivity contribution in [2.45, 2.75) is 45.8 Å². The van der Waals surface area contributed by atoms with Gasteiger partial charge in [-0.05, 0) is 31.2 Å². The fourth-order valence-corrected chi connectivity index (χ4v) is 3.44. The highest BCUT2D eigenvalue weighted by Crippen LogP contribution is 2.40. The lowest BCUT2D eigenvalue weighted by atomic mass is 9.91. The Bertz CT molecular complexity index is 255. The number of rotatable bonds is 3. The molecule has 100 valence electrons. The number of likely N-dealkylation sites (N-methyl/N-ethyl adjacent to an activating group) is 1. The predicted octanol–water partition coefficient (Wildman–Crippen LogP) is 1.73. The summed E-state index contributed by atoms with van der Waals surface area (Å²) in [6, 6.07) is 0.681. The predicted molar refractivity (Wildman–Crippen MR) is 71.2 cm³/mol. The zero-order valence-electron chi connectivity index (χ0n) is 11.8. The molecule has 0 aromatic rings.